The van der Waals surface area contributed by atoms with E-state index in [2.05, 4.69) is 68.3 Å². The topological polar surface area (TPSA) is 43.2 Å². The van der Waals surface area contributed by atoms with Gasteiger partial charge in [0.25, 0.3) is 0 Å². The van der Waals surface area contributed by atoms with Gasteiger partial charge in [-0.3, -0.25) is 0 Å². The number of epoxide rings is 1. The van der Waals surface area contributed by atoms with E-state index in [1.165, 1.54) is 11.1 Å². The summed E-state index contributed by atoms with van der Waals surface area (Å²) >= 11 is 0. The third-order valence-electron chi connectivity index (χ3n) is 5.15. The van der Waals surface area contributed by atoms with Crippen molar-refractivity contribution >= 4 is 11.0 Å². The van der Waals surface area contributed by atoms with Crippen LogP contribution in [0.3, 0.4) is 0 Å². The molecule has 0 aliphatic carbocycles. The summed E-state index contributed by atoms with van der Waals surface area (Å²) in [4.78, 5) is 0. The van der Waals surface area contributed by atoms with Gasteiger partial charge in [0.15, 0.2) is 0 Å². The SMILES string of the molecule is Cc1cccc([C@H](n2nnc3ccccc32)[C@]2(C(C)(C)C)CO2)c1. The Morgan fingerprint density at radius 1 is 1.12 bits per heavy atom. The van der Waals surface area contributed by atoms with E-state index < -0.39 is 0 Å². The highest BCUT2D eigenvalue weighted by Gasteiger charge is 2.61. The van der Waals surface area contributed by atoms with Crippen LogP contribution in [0.1, 0.15) is 37.9 Å². The first-order chi connectivity index (χ1) is 11.4. The van der Waals surface area contributed by atoms with Crippen LogP contribution in [0.5, 0.6) is 0 Å². The van der Waals surface area contributed by atoms with E-state index in [9.17, 15) is 0 Å². The third-order valence-corrected chi connectivity index (χ3v) is 5.15. The molecule has 24 heavy (non-hydrogen) atoms. The fourth-order valence-corrected chi connectivity index (χ4v) is 3.60. The Bertz CT molecular complexity index is 887. The van der Waals surface area contributed by atoms with Crippen LogP contribution < -0.4 is 0 Å². The van der Waals surface area contributed by atoms with Crippen molar-refractivity contribution in [3.05, 3.63) is 59.7 Å². The van der Waals surface area contributed by atoms with E-state index in [4.69, 9.17) is 4.74 Å². The first-order valence-electron chi connectivity index (χ1n) is 8.43. The number of nitrogens with zero attached hydrogens (tertiary/aromatic N) is 3. The molecule has 0 N–H and O–H groups in total. The number of benzene rings is 2. The summed E-state index contributed by atoms with van der Waals surface area (Å²) in [5.41, 5.74) is 4.15. The molecule has 4 rings (SSSR count). The van der Waals surface area contributed by atoms with Crippen LogP contribution in [-0.4, -0.2) is 27.2 Å². The van der Waals surface area contributed by atoms with E-state index in [-0.39, 0.29) is 17.1 Å². The molecule has 1 fully saturated rings. The number of aryl methyl sites for hydroxylation is 1. The minimum absolute atomic E-state index is 0.00444. The Morgan fingerprint density at radius 3 is 2.54 bits per heavy atom. The number of aromatic nitrogens is 3. The van der Waals surface area contributed by atoms with Crippen LogP contribution in [0, 0.1) is 12.3 Å². The summed E-state index contributed by atoms with van der Waals surface area (Å²) in [7, 11) is 0. The van der Waals surface area contributed by atoms with Crippen LogP contribution in [0.2, 0.25) is 0 Å². The first kappa shape index (κ1) is 15.3. The molecule has 0 amide bonds. The molecule has 2 heterocycles. The second kappa shape index (κ2) is 5.15. The van der Waals surface area contributed by atoms with E-state index in [0.717, 1.165) is 17.6 Å². The zero-order chi connectivity index (χ0) is 16.9. The van der Waals surface area contributed by atoms with E-state index in [0.29, 0.717) is 0 Å². The van der Waals surface area contributed by atoms with E-state index >= 15 is 0 Å². The number of ether oxygens (including phenoxy) is 1. The molecule has 1 aliphatic rings. The normalized spacial score (nSPS) is 21.8. The van der Waals surface area contributed by atoms with Gasteiger partial charge in [-0.15, -0.1) is 5.10 Å². The Hall–Kier alpha value is -2.20. The van der Waals surface area contributed by atoms with Crippen LogP contribution in [0.15, 0.2) is 48.5 Å². The van der Waals surface area contributed by atoms with Crippen molar-refractivity contribution in [2.24, 2.45) is 5.41 Å². The number of fused-ring (bicyclic) bond motifs is 1. The van der Waals surface area contributed by atoms with E-state index in [1.54, 1.807) is 0 Å². The zero-order valence-corrected chi connectivity index (χ0v) is 14.7. The summed E-state index contributed by atoms with van der Waals surface area (Å²) in [6, 6.07) is 16.8. The molecular formula is C20H23N3O. The van der Waals surface area contributed by atoms with Crippen molar-refractivity contribution in [2.45, 2.75) is 39.3 Å². The van der Waals surface area contributed by atoms with Gasteiger partial charge in [-0.2, -0.15) is 0 Å². The number of hydrogen-bond donors (Lipinski definition) is 0. The lowest BCUT2D eigenvalue weighted by Crippen LogP contribution is -2.40. The molecule has 0 saturated carbocycles. The number of hydrogen-bond acceptors (Lipinski definition) is 3. The van der Waals surface area contributed by atoms with Crippen LogP contribution in [-0.2, 0) is 4.74 Å². The third kappa shape index (κ3) is 2.25. The zero-order valence-electron chi connectivity index (χ0n) is 14.7. The predicted molar refractivity (Wildman–Crippen MR) is 95.0 cm³/mol. The Labute approximate surface area is 142 Å². The lowest BCUT2D eigenvalue weighted by molar-refractivity contribution is 0.108. The van der Waals surface area contributed by atoms with Crippen molar-refractivity contribution in [1.82, 2.24) is 15.0 Å². The minimum atomic E-state index is -0.267. The van der Waals surface area contributed by atoms with Gasteiger partial charge in [-0.25, -0.2) is 4.68 Å². The van der Waals surface area contributed by atoms with E-state index in [1.807, 2.05) is 22.9 Å². The fourth-order valence-electron chi connectivity index (χ4n) is 3.60. The molecular weight excluding hydrogens is 298 g/mol. The minimum Gasteiger partial charge on any atom is -0.366 e. The van der Waals surface area contributed by atoms with Crippen molar-refractivity contribution in [1.29, 1.82) is 0 Å². The summed E-state index contributed by atoms with van der Waals surface area (Å²) in [5, 5.41) is 8.88. The Balaban J connectivity index is 1.95. The summed E-state index contributed by atoms with van der Waals surface area (Å²) < 4.78 is 8.15. The molecule has 0 radical (unpaired) electrons. The predicted octanol–water partition coefficient (Wildman–Crippen LogP) is 4.14. The second-order valence-corrected chi connectivity index (χ2v) is 7.77. The highest BCUT2D eigenvalue weighted by molar-refractivity contribution is 5.74. The molecule has 0 bridgehead atoms. The molecule has 4 nitrogen and oxygen atoms in total. The molecule has 124 valence electrons. The molecule has 0 spiro atoms. The lowest BCUT2D eigenvalue weighted by atomic mass is 9.74. The second-order valence-electron chi connectivity index (χ2n) is 7.77. The molecule has 2 aromatic carbocycles. The van der Waals surface area contributed by atoms with Crippen LogP contribution in [0.4, 0.5) is 0 Å². The van der Waals surface area contributed by atoms with Gasteiger partial charge in [-0.1, -0.05) is 67.9 Å². The monoisotopic (exact) mass is 321 g/mol. The summed E-state index contributed by atoms with van der Waals surface area (Å²) in [5.74, 6) is 0. The van der Waals surface area contributed by atoms with Gasteiger partial charge in [-0.05, 0) is 30.0 Å². The van der Waals surface area contributed by atoms with Gasteiger partial charge >= 0.3 is 0 Å². The van der Waals surface area contributed by atoms with Crippen molar-refractivity contribution in [3.63, 3.8) is 0 Å². The molecule has 4 heteroatoms. The first-order valence-corrected chi connectivity index (χ1v) is 8.43. The Kier molecular flexibility index (Phi) is 3.29. The number of rotatable bonds is 3. The van der Waals surface area contributed by atoms with Crippen molar-refractivity contribution in [2.75, 3.05) is 6.61 Å². The summed E-state index contributed by atoms with van der Waals surface area (Å²) in [6.07, 6.45) is 0. The van der Waals surface area contributed by atoms with Crippen LogP contribution in [0.25, 0.3) is 11.0 Å². The molecule has 0 unspecified atom stereocenters. The summed E-state index contributed by atoms with van der Waals surface area (Å²) in [6.45, 7) is 9.58. The maximum atomic E-state index is 6.10. The fraction of sp³-hybridized carbons (Fsp3) is 0.400. The van der Waals surface area contributed by atoms with Crippen molar-refractivity contribution in [3.8, 4) is 0 Å². The standard InChI is InChI=1S/C20H23N3O/c1-14-8-7-9-15(12-14)18(20(13-24-20)19(2,3)4)23-17-11-6-5-10-16(17)21-22-23/h5-12,18H,13H2,1-4H3/t18-,20-/m0/s1. The largest absolute Gasteiger partial charge is 0.366 e. The highest BCUT2D eigenvalue weighted by atomic mass is 16.6. The number of para-hydroxylation sites is 1. The average molecular weight is 321 g/mol. The quantitative estimate of drug-likeness (QED) is 0.681. The Morgan fingerprint density at radius 2 is 1.88 bits per heavy atom. The van der Waals surface area contributed by atoms with Gasteiger partial charge in [0.1, 0.15) is 17.2 Å². The van der Waals surface area contributed by atoms with Crippen molar-refractivity contribution < 1.29 is 4.74 Å². The van der Waals surface area contributed by atoms with Gasteiger partial charge < -0.3 is 4.74 Å². The molecule has 3 aromatic rings. The maximum Gasteiger partial charge on any atom is 0.123 e. The molecule has 1 aliphatic heterocycles. The highest BCUT2D eigenvalue weighted by Crippen LogP contribution is 2.54. The van der Waals surface area contributed by atoms with Crippen LogP contribution >= 0.6 is 0 Å². The van der Waals surface area contributed by atoms with Gasteiger partial charge in [0, 0.05) is 0 Å². The smallest absolute Gasteiger partial charge is 0.123 e. The molecule has 1 aromatic heterocycles. The van der Waals surface area contributed by atoms with Gasteiger partial charge in [0.05, 0.1) is 12.1 Å². The molecule has 1 saturated heterocycles. The van der Waals surface area contributed by atoms with Gasteiger partial charge in [0.2, 0.25) is 0 Å². The average Bonchev–Trinajstić information content (AvgIpc) is 3.24. The maximum absolute atomic E-state index is 6.10. The lowest BCUT2D eigenvalue weighted by Gasteiger charge is -2.35. The molecule has 2 atom stereocenters.